The fourth-order valence-corrected chi connectivity index (χ4v) is 3.36. The Morgan fingerprint density at radius 2 is 1.96 bits per heavy atom. The van der Waals surface area contributed by atoms with Crippen molar-refractivity contribution >= 4 is 11.9 Å². The Labute approximate surface area is 158 Å². The van der Waals surface area contributed by atoms with E-state index in [2.05, 4.69) is 10.3 Å². The molecule has 0 bridgehead atoms. The van der Waals surface area contributed by atoms with Crippen molar-refractivity contribution in [1.29, 1.82) is 0 Å². The molecule has 3 rings (SSSR count). The van der Waals surface area contributed by atoms with Crippen molar-refractivity contribution in [2.24, 2.45) is 0 Å². The minimum atomic E-state index is -0.894. The summed E-state index contributed by atoms with van der Waals surface area (Å²) >= 11 is 0. The van der Waals surface area contributed by atoms with Crippen LogP contribution in [0.25, 0.3) is 0 Å². The third-order valence-corrected chi connectivity index (χ3v) is 4.72. The molecule has 1 aromatic heterocycles. The van der Waals surface area contributed by atoms with Crippen LogP contribution >= 0.6 is 0 Å². The maximum absolute atomic E-state index is 12.5. The first-order valence-corrected chi connectivity index (χ1v) is 9.28. The Kier molecular flexibility index (Phi) is 6.06. The molecule has 1 saturated carbocycles. The summed E-state index contributed by atoms with van der Waals surface area (Å²) in [6.45, 7) is 1.78. The molecule has 0 atom stereocenters. The van der Waals surface area contributed by atoms with Gasteiger partial charge in [0.15, 0.2) is 0 Å². The van der Waals surface area contributed by atoms with Gasteiger partial charge in [-0.3, -0.25) is 9.59 Å². The molecular weight excluding hydrogens is 344 g/mol. The van der Waals surface area contributed by atoms with Crippen molar-refractivity contribution in [2.75, 3.05) is 0 Å². The summed E-state index contributed by atoms with van der Waals surface area (Å²) in [5.41, 5.74) is 1.80. The molecule has 6 nitrogen and oxygen atoms in total. The van der Waals surface area contributed by atoms with Crippen molar-refractivity contribution in [1.82, 2.24) is 10.3 Å². The van der Waals surface area contributed by atoms with Crippen LogP contribution in [0.3, 0.4) is 0 Å². The first-order chi connectivity index (χ1) is 13.0. The summed E-state index contributed by atoms with van der Waals surface area (Å²) in [6.07, 6.45) is 5.57. The lowest BCUT2D eigenvalue weighted by molar-refractivity contribution is -0.136. The molecule has 1 fully saturated rings. The molecule has 1 amide bonds. The van der Waals surface area contributed by atoms with Gasteiger partial charge in [-0.1, -0.05) is 31.4 Å². The number of aromatic nitrogens is 1. The highest BCUT2D eigenvalue weighted by Crippen LogP contribution is 2.23. The zero-order chi connectivity index (χ0) is 19.2. The number of hydrogen-bond acceptors (Lipinski definition) is 4. The van der Waals surface area contributed by atoms with Crippen molar-refractivity contribution in [3.05, 3.63) is 53.2 Å². The molecule has 0 spiro atoms. The maximum atomic E-state index is 12.5. The van der Waals surface area contributed by atoms with Crippen molar-refractivity contribution in [3.63, 3.8) is 0 Å². The first kappa shape index (κ1) is 18.9. The van der Waals surface area contributed by atoms with Gasteiger partial charge >= 0.3 is 5.97 Å². The van der Waals surface area contributed by atoms with Crippen LogP contribution < -0.4 is 10.1 Å². The van der Waals surface area contributed by atoms with Crippen molar-refractivity contribution in [2.45, 2.75) is 51.5 Å². The Balaban J connectivity index is 1.67. The number of carboxylic acid groups (broad SMARTS) is 1. The van der Waals surface area contributed by atoms with E-state index in [0.717, 1.165) is 25.7 Å². The van der Waals surface area contributed by atoms with Gasteiger partial charge in [0.1, 0.15) is 5.75 Å². The first-order valence-electron chi connectivity index (χ1n) is 9.28. The second kappa shape index (κ2) is 8.66. The van der Waals surface area contributed by atoms with Crippen LogP contribution in [0.5, 0.6) is 11.6 Å². The second-order valence-corrected chi connectivity index (χ2v) is 6.91. The van der Waals surface area contributed by atoms with E-state index in [-0.39, 0.29) is 18.4 Å². The van der Waals surface area contributed by atoms with Gasteiger partial charge < -0.3 is 15.2 Å². The quantitative estimate of drug-likeness (QED) is 0.808. The molecular formula is C21H24N2O4. The van der Waals surface area contributed by atoms with Gasteiger partial charge in [-0.05, 0) is 43.5 Å². The SMILES string of the molecule is Cc1nc(Oc2cccc(CC(=O)O)c2)ccc1C(=O)NC1CCCCC1. The summed E-state index contributed by atoms with van der Waals surface area (Å²) in [5, 5.41) is 12.0. The topological polar surface area (TPSA) is 88.5 Å². The van der Waals surface area contributed by atoms with Crippen molar-refractivity contribution < 1.29 is 19.4 Å². The van der Waals surface area contributed by atoms with E-state index >= 15 is 0 Å². The van der Waals surface area contributed by atoms with E-state index in [1.54, 1.807) is 43.3 Å². The van der Waals surface area contributed by atoms with E-state index in [4.69, 9.17) is 9.84 Å². The number of aliphatic carboxylic acids is 1. The number of carboxylic acids is 1. The zero-order valence-electron chi connectivity index (χ0n) is 15.4. The van der Waals surface area contributed by atoms with Crippen LogP contribution in [0.2, 0.25) is 0 Å². The van der Waals surface area contributed by atoms with Gasteiger partial charge in [0.25, 0.3) is 5.91 Å². The van der Waals surface area contributed by atoms with Crippen LogP contribution in [-0.4, -0.2) is 28.0 Å². The van der Waals surface area contributed by atoms with E-state index in [9.17, 15) is 9.59 Å². The van der Waals surface area contributed by atoms with E-state index in [1.807, 2.05) is 0 Å². The number of benzene rings is 1. The van der Waals surface area contributed by atoms with Crippen LogP contribution in [0.1, 0.15) is 53.7 Å². The number of nitrogens with one attached hydrogen (secondary N) is 1. The lowest BCUT2D eigenvalue weighted by Crippen LogP contribution is -2.36. The highest BCUT2D eigenvalue weighted by molar-refractivity contribution is 5.95. The standard InChI is InChI=1S/C21H24N2O4/c1-14-18(21(26)23-16-7-3-2-4-8-16)10-11-19(22-14)27-17-9-5-6-15(12-17)13-20(24)25/h5-6,9-12,16H,2-4,7-8,13H2,1H3,(H,23,26)(H,24,25). The Hall–Kier alpha value is -2.89. The number of carbonyl (C=O) groups is 2. The lowest BCUT2D eigenvalue weighted by Gasteiger charge is -2.23. The number of aryl methyl sites for hydroxylation is 1. The molecule has 1 aromatic carbocycles. The number of hydrogen-bond donors (Lipinski definition) is 2. The van der Waals surface area contributed by atoms with Crippen LogP contribution in [-0.2, 0) is 11.2 Å². The summed E-state index contributed by atoms with van der Waals surface area (Å²) < 4.78 is 5.73. The predicted octanol–water partition coefficient (Wildman–Crippen LogP) is 3.87. The zero-order valence-corrected chi connectivity index (χ0v) is 15.4. The molecule has 1 aliphatic carbocycles. The minimum Gasteiger partial charge on any atom is -0.481 e. The van der Waals surface area contributed by atoms with Crippen LogP contribution in [0.4, 0.5) is 0 Å². The average molecular weight is 368 g/mol. The molecule has 2 aromatic rings. The summed E-state index contributed by atoms with van der Waals surface area (Å²) in [6, 6.07) is 10.5. The molecule has 142 valence electrons. The van der Waals surface area contributed by atoms with Gasteiger partial charge in [-0.15, -0.1) is 0 Å². The highest BCUT2D eigenvalue weighted by Gasteiger charge is 2.18. The van der Waals surface area contributed by atoms with Crippen molar-refractivity contribution in [3.8, 4) is 11.6 Å². The minimum absolute atomic E-state index is 0.0655. The Morgan fingerprint density at radius 1 is 1.19 bits per heavy atom. The van der Waals surface area contributed by atoms with E-state index in [1.165, 1.54) is 6.42 Å². The fourth-order valence-electron chi connectivity index (χ4n) is 3.36. The third-order valence-electron chi connectivity index (χ3n) is 4.72. The predicted molar refractivity (Wildman–Crippen MR) is 101 cm³/mol. The highest BCUT2D eigenvalue weighted by atomic mass is 16.5. The number of amides is 1. The summed E-state index contributed by atoms with van der Waals surface area (Å²) in [7, 11) is 0. The van der Waals surface area contributed by atoms with Gasteiger partial charge in [0, 0.05) is 12.1 Å². The molecule has 27 heavy (non-hydrogen) atoms. The molecule has 0 saturated heterocycles. The largest absolute Gasteiger partial charge is 0.481 e. The molecule has 0 unspecified atom stereocenters. The number of carbonyl (C=O) groups excluding carboxylic acids is 1. The monoisotopic (exact) mass is 368 g/mol. The Morgan fingerprint density at radius 3 is 2.67 bits per heavy atom. The average Bonchev–Trinajstić information content (AvgIpc) is 2.62. The summed E-state index contributed by atoms with van der Waals surface area (Å²) in [4.78, 5) is 27.7. The second-order valence-electron chi connectivity index (χ2n) is 6.91. The molecule has 0 radical (unpaired) electrons. The molecule has 2 N–H and O–H groups in total. The number of rotatable bonds is 6. The van der Waals surface area contributed by atoms with Crippen LogP contribution in [0.15, 0.2) is 36.4 Å². The van der Waals surface area contributed by atoms with Crippen LogP contribution in [0, 0.1) is 6.92 Å². The molecule has 1 heterocycles. The Bertz CT molecular complexity index is 829. The number of nitrogens with zero attached hydrogens (tertiary/aromatic N) is 1. The number of ether oxygens (including phenoxy) is 1. The van der Waals surface area contributed by atoms with Gasteiger partial charge in [0.05, 0.1) is 17.7 Å². The maximum Gasteiger partial charge on any atom is 0.307 e. The lowest BCUT2D eigenvalue weighted by atomic mass is 9.95. The third kappa shape index (κ3) is 5.29. The number of pyridine rings is 1. The van der Waals surface area contributed by atoms with Gasteiger partial charge in [0.2, 0.25) is 5.88 Å². The molecule has 0 aliphatic heterocycles. The van der Waals surface area contributed by atoms with E-state index < -0.39 is 5.97 Å². The van der Waals surface area contributed by atoms with E-state index in [0.29, 0.717) is 28.5 Å². The summed E-state index contributed by atoms with van der Waals surface area (Å²) in [5.74, 6) is -0.106. The van der Waals surface area contributed by atoms with Gasteiger partial charge in [-0.2, -0.15) is 0 Å². The molecule has 1 aliphatic rings. The molecule has 6 heteroatoms. The smallest absolute Gasteiger partial charge is 0.307 e. The van der Waals surface area contributed by atoms with Gasteiger partial charge in [-0.25, -0.2) is 4.98 Å². The fraction of sp³-hybridized carbons (Fsp3) is 0.381. The normalized spacial score (nSPS) is 14.6.